The summed E-state index contributed by atoms with van der Waals surface area (Å²) in [5.41, 5.74) is 4.14. The molecule has 0 aromatic heterocycles. The summed E-state index contributed by atoms with van der Waals surface area (Å²) in [6.07, 6.45) is 0.890. The first-order valence-electron chi connectivity index (χ1n) is 9.04. The molecule has 2 N–H and O–H groups in total. The van der Waals surface area contributed by atoms with E-state index in [4.69, 9.17) is 0 Å². The topological polar surface area (TPSA) is 53.9 Å². The Labute approximate surface area is 154 Å². The van der Waals surface area contributed by atoms with Gasteiger partial charge >= 0.3 is 0 Å². The van der Waals surface area contributed by atoms with Crippen LogP contribution in [-0.4, -0.2) is 38.0 Å². The molecule has 1 heterocycles. The van der Waals surface area contributed by atoms with Gasteiger partial charge in [-0.3, -0.25) is 9.59 Å². The molecule has 2 aromatic rings. The molecule has 2 aromatic carbocycles. The highest BCUT2D eigenvalue weighted by molar-refractivity contribution is 5.98. The summed E-state index contributed by atoms with van der Waals surface area (Å²) in [6, 6.07) is 15.4. The lowest BCUT2D eigenvalue weighted by Crippen LogP contribution is -3.15. The molecule has 1 aliphatic heterocycles. The van der Waals surface area contributed by atoms with Crippen LogP contribution >= 0.6 is 0 Å². The fraction of sp³-hybridized carbons (Fsp3) is 0.333. The second-order valence-corrected chi connectivity index (χ2v) is 7.03. The highest BCUT2D eigenvalue weighted by Crippen LogP contribution is 2.27. The minimum Gasteiger partial charge on any atom is -0.321 e. The highest BCUT2D eigenvalue weighted by Gasteiger charge is 2.32. The van der Waals surface area contributed by atoms with Gasteiger partial charge in [-0.25, -0.2) is 0 Å². The third-order valence-electron chi connectivity index (χ3n) is 5.04. The zero-order valence-corrected chi connectivity index (χ0v) is 15.6. The van der Waals surface area contributed by atoms with Gasteiger partial charge in [0.15, 0.2) is 12.6 Å². The molecule has 0 fully saturated rings. The van der Waals surface area contributed by atoms with Gasteiger partial charge in [0.1, 0.15) is 0 Å². The lowest BCUT2D eigenvalue weighted by Gasteiger charge is -2.25. The Morgan fingerprint density at radius 1 is 1.15 bits per heavy atom. The molecule has 0 aliphatic carbocycles. The molecule has 0 saturated carbocycles. The number of benzene rings is 2. The number of hydrogen-bond acceptors (Lipinski definition) is 2. The summed E-state index contributed by atoms with van der Waals surface area (Å²) in [5, 5.41) is 2.89. The second-order valence-electron chi connectivity index (χ2n) is 7.03. The van der Waals surface area contributed by atoms with Crippen molar-refractivity contribution in [3.05, 3.63) is 59.7 Å². The Balaban J connectivity index is 1.59. The number of nitrogens with zero attached hydrogens (tertiary/aromatic N) is 1. The van der Waals surface area contributed by atoms with Crippen LogP contribution in [0, 0.1) is 6.92 Å². The molecule has 1 unspecified atom stereocenters. The number of nitrogens with one attached hydrogen (secondary N) is 2. The van der Waals surface area contributed by atoms with Crippen LogP contribution in [-0.2, 0) is 16.0 Å². The molecular weight excluding hydrogens is 326 g/mol. The van der Waals surface area contributed by atoms with Crippen LogP contribution in [0.2, 0.25) is 0 Å². The van der Waals surface area contributed by atoms with Crippen molar-refractivity contribution in [2.75, 3.05) is 30.4 Å². The number of anilines is 2. The van der Waals surface area contributed by atoms with Crippen molar-refractivity contribution in [2.24, 2.45) is 0 Å². The Morgan fingerprint density at radius 3 is 2.58 bits per heavy atom. The van der Waals surface area contributed by atoms with E-state index in [2.05, 4.69) is 11.4 Å². The van der Waals surface area contributed by atoms with Crippen LogP contribution in [0.3, 0.4) is 0 Å². The third kappa shape index (κ3) is 3.94. The zero-order chi connectivity index (χ0) is 18.7. The van der Waals surface area contributed by atoms with E-state index in [-0.39, 0.29) is 24.4 Å². The highest BCUT2D eigenvalue weighted by atomic mass is 16.2. The van der Waals surface area contributed by atoms with E-state index in [9.17, 15) is 9.59 Å². The van der Waals surface area contributed by atoms with Gasteiger partial charge < -0.3 is 15.1 Å². The fourth-order valence-corrected chi connectivity index (χ4v) is 3.26. The number of hydrogen-bond donors (Lipinski definition) is 2. The van der Waals surface area contributed by atoms with Crippen LogP contribution < -0.4 is 15.1 Å². The number of carbonyl (C=O) groups is 2. The van der Waals surface area contributed by atoms with Crippen LogP contribution in [0.5, 0.6) is 0 Å². The maximum absolute atomic E-state index is 12.9. The van der Waals surface area contributed by atoms with Gasteiger partial charge in [-0.15, -0.1) is 0 Å². The van der Waals surface area contributed by atoms with Crippen LogP contribution in [0.25, 0.3) is 0 Å². The van der Waals surface area contributed by atoms with Gasteiger partial charge in [-0.05, 0) is 44.0 Å². The first kappa shape index (κ1) is 18.1. The molecule has 5 heteroatoms. The average molecular weight is 352 g/mol. The van der Waals surface area contributed by atoms with Gasteiger partial charge in [0.2, 0.25) is 0 Å². The summed E-state index contributed by atoms with van der Waals surface area (Å²) < 4.78 is 0. The number of amides is 2. The molecule has 0 spiro atoms. The lowest BCUT2D eigenvalue weighted by molar-refractivity contribution is -0.885. The minimum absolute atomic E-state index is 0.0654. The smallest absolute Gasteiger partial charge is 0.284 e. The second kappa shape index (κ2) is 7.70. The van der Waals surface area contributed by atoms with E-state index in [1.807, 2.05) is 68.3 Å². The molecule has 26 heavy (non-hydrogen) atoms. The maximum Gasteiger partial charge on any atom is 0.284 e. The van der Waals surface area contributed by atoms with Gasteiger partial charge in [-0.1, -0.05) is 35.9 Å². The summed E-state index contributed by atoms with van der Waals surface area (Å²) in [5.74, 6) is -0.0246. The van der Waals surface area contributed by atoms with Crippen LogP contribution in [0.15, 0.2) is 48.5 Å². The summed E-state index contributed by atoms with van der Waals surface area (Å²) in [7, 11) is 1.89. The van der Waals surface area contributed by atoms with Crippen molar-refractivity contribution in [1.29, 1.82) is 0 Å². The molecule has 3 rings (SSSR count). The standard InChI is InChI=1S/C21H25N3O2/c1-15-8-10-18(11-9-15)22-20(25)14-23(3)16(2)21(26)24-13-12-17-6-4-5-7-19(17)24/h4-11,16H,12-14H2,1-3H3,(H,22,25)/p+1/t16-/m0/s1. The summed E-state index contributed by atoms with van der Waals surface area (Å²) in [4.78, 5) is 27.9. The first-order valence-corrected chi connectivity index (χ1v) is 9.04. The number of carbonyl (C=O) groups excluding carboxylic acids is 2. The van der Waals surface area contributed by atoms with Crippen molar-refractivity contribution in [3.63, 3.8) is 0 Å². The average Bonchev–Trinajstić information content (AvgIpc) is 3.06. The number of rotatable bonds is 5. The number of fused-ring (bicyclic) bond motifs is 1. The number of quaternary nitrogens is 1. The van der Waals surface area contributed by atoms with Crippen molar-refractivity contribution in [2.45, 2.75) is 26.3 Å². The molecule has 0 radical (unpaired) electrons. The summed E-state index contributed by atoms with van der Waals surface area (Å²) >= 11 is 0. The van der Waals surface area contributed by atoms with Crippen molar-refractivity contribution < 1.29 is 14.5 Å². The van der Waals surface area contributed by atoms with E-state index in [1.54, 1.807) is 0 Å². The largest absolute Gasteiger partial charge is 0.321 e. The molecule has 136 valence electrons. The predicted octanol–water partition coefficient (Wildman–Crippen LogP) is 1.43. The Bertz CT molecular complexity index is 801. The van der Waals surface area contributed by atoms with E-state index in [0.29, 0.717) is 6.54 Å². The molecular formula is C21H26N3O2+. The molecule has 5 nitrogen and oxygen atoms in total. The third-order valence-corrected chi connectivity index (χ3v) is 5.04. The normalized spacial score (nSPS) is 15.3. The van der Waals surface area contributed by atoms with E-state index < -0.39 is 0 Å². The van der Waals surface area contributed by atoms with Gasteiger partial charge in [-0.2, -0.15) is 0 Å². The molecule has 0 saturated heterocycles. The maximum atomic E-state index is 12.9. The van der Waals surface area contributed by atoms with Crippen molar-refractivity contribution in [1.82, 2.24) is 0 Å². The number of likely N-dealkylation sites (N-methyl/N-ethyl adjacent to an activating group) is 1. The SMILES string of the molecule is Cc1ccc(NC(=O)C[NH+](C)[C@@H](C)C(=O)N2CCc3ccccc32)cc1. The van der Waals surface area contributed by atoms with E-state index >= 15 is 0 Å². The number of para-hydroxylation sites is 1. The first-order chi connectivity index (χ1) is 12.5. The minimum atomic E-state index is -0.287. The molecule has 1 aliphatic rings. The quantitative estimate of drug-likeness (QED) is 0.855. The zero-order valence-electron chi connectivity index (χ0n) is 15.6. The fourth-order valence-electron chi connectivity index (χ4n) is 3.26. The Hall–Kier alpha value is -2.66. The predicted molar refractivity (Wildman–Crippen MR) is 104 cm³/mol. The van der Waals surface area contributed by atoms with Gasteiger partial charge in [0.25, 0.3) is 11.8 Å². The molecule has 2 atom stereocenters. The van der Waals surface area contributed by atoms with Crippen LogP contribution in [0.1, 0.15) is 18.1 Å². The van der Waals surface area contributed by atoms with E-state index in [0.717, 1.165) is 28.3 Å². The molecule has 2 amide bonds. The monoisotopic (exact) mass is 352 g/mol. The van der Waals surface area contributed by atoms with Gasteiger partial charge in [0.05, 0.1) is 7.05 Å². The van der Waals surface area contributed by atoms with Crippen molar-refractivity contribution >= 4 is 23.2 Å². The lowest BCUT2D eigenvalue weighted by atomic mass is 10.2. The Kier molecular flexibility index (Phi) is 5.38. The summed E-state index contributed by atoms with van der Waals surface area (Å²) in [6.45, 7) is 4.85. The number of aryl methyl sites for hydroxylation is 1. The van der Waals surface area contributed by atoms with Crippen molar-refractivity contribution in [3.8, 4) is 0 Å². The Morgan fingerprint density at radius 2 is 1.85 bits per heavy atom. The van der Waals surface area contributed by atoms with Gasteiger partial charge in [0, 0.05) is 17.9 Å². The van der Waals surface area contributed by atoms with Crippen LogP contribution in [0.4, 0.5) is 11.4 Å². The molecule has 0 bridgehead atoms. The van der Waals surface area contributed by atoms with E-state index in [1.165, 1.54) is 5.56 Å².